The third-order valence-electron chi connectivity index (χ3n) is 5.01. The first-order chi connectivity index (χ1) is 12.7. The van der Waals surface area contributed by atoms with E-state index in [4.69, 9.17) is 0 Å². The molecule has 0 saturated carbocycles. The second-order valence-electron chi connectivity index (χ2n) is 6.40. The van der Waals surface area contributed by atoms with Crippen molar-refractivity contribution < 1.29 is 9.90 Å². The molecule has 0 saturated heterocycles. The molecule has 1 aliphatic rings. The van der Waals surface area contributed by atoms with Crippen molar-refractivity contribution >= 4 is 28.1 Å². The molecule has 3 aromatic rings. The number of carbonyl (C=O) groups is 1. The maximum Gasteiger partial charge on any atom is 0.214 e. The van der Waals surface area contributed by atoms with Crippen LogP contribution >= 0.6 is 0 Å². The quantitative estimate of drug-likeness (QED) is 0.760. The van der Waals surface area contributed by atoms with Gasteiger partial charge in [-0.3, -0.25) is 14.3 Å². The third kappa shape index (κ3) is 2.44. The Morgan fingerprint density at radius 1 is 1.04 bits per heavy atom. The number of carbonyl (C=O) groups excluding carboxylic acids is 1. The molecule has 2 heterocycles. The van der Waals surface area contributed by atoms with Gasteiger partial charge in [-0.05, 0) is 31.3 Å². The van der Waals surface area contributed by atoms with Crippen molar-refractivity contribution in [2.24, 2.45) is 4.99 Å². The Kier molecular flexibility index (Phi) is 4.09. The number of Topliss-reactive ketones (excluding diaryl/α,β-unsaturated/α-hetero) is 1. The minimum absolute atomic E-state index is 0.0954. The van der Waals surface area contributed by atoms with Gasteiger partial charge >= 0.3 is 0 Å². The molecule has 2 aromatic carbocycles. The van der Waals surface area contributed by atoms with Crippen LogP contribution in [0.25, 0.3) is 10.9 Å². The Balaban J connectivity index is 1.90. The van der Waals surface area contributed by atoms with Gasteiger partial charge in [-0.25, -0.2) is 4.99 Å². The molecule has 0 fully saturated rings. The summed E-state index contributed by atoms with van der Waals surface area (Å²) in [4.78, 5) is 19.6. The zero-order chi connectivity index (χ0) is 18.3. The number of nitrogens with zero attached hydrogens (tertiary/aromatic N) is 3. The lowest BCUT2D eigenvalue weighted by Gasteiger charge is -2.20. The van der Waals surface area contributed by atoms with E-state index in [1.807, 2.05) is 47.0 Å². The molecule has 0 bridgehead atoms. The number of ketones is 1. The van der Waals surface area contributed by atoms with Crippen molar-refractivity contribution in [1.29, 1.82) is 0 Å². The van der Waals surface area contributed by atoms with Gasteiger partial charge in [0.2, 0.25) is 11.7 Å². The van der Waals surface area contributed by atoms with E-state index in [-0.39, 0.29) is 11.7 Å². The molecule has 0 aliphatic carbocycles. The first-order valence-electron chi connectivity index (χ1n) is 8.91. The number of aromatic nitrogens is 1. The number of rotatable bonds is 5. The fourth-order valence-corrected chi connectivity index (χ4v) is 3.52. The molecule has 5 heteroatoms. The fraction of sp³-hybridized carbons (Fsp3) is 0.238. The Morgan fingerprint density at radius 3 is 2.46 bits per heavy atom. The standard InChI is InChI=1S/C21H21N3O2/c1-3-23(4-2)13-24-17-12-8-6-10-15(17)18(21(24)26)19-20(25)14-9-5-7-11-16(14)22-19/h5-12,26H,3-4,13H2,1-2H3. The van der Waals surface area contributed by atoms with Gasteiger partial charge in [0.25, 0.3) is 0 Å². The van der Waals surface area contributed by atoms with Crippen molar-refractivity contribution in [2.75, 3.05) is 13.1 Å². The minimum atomic E-state index is -0.137. The average molecular weight is 347 g/mol. The zero-order valence-electron chi connectivity index (χ0n) is 14.9. The molecular formula is C21H21N3O2. The van der Waals surface area contributed by atoms with Crippen LogP contribution < -0.4 is 0 Å². The molecule has 26 heavy (non-hydrogen) atoms. The number of benzene rings is 2. The van der Waals surface area contributed by atoms with Gasteiger partial charge in [-0.1, -0.05) is 44.2 Å². The van der Waals surface area contributed by atoms with Crippen LogP contribution in [0.3, 0.4) is 0 Å². The van der Waals surface area contributed by atoms with Crippen LogP contribution in [-0.2, 0) is 6.67 Å². The van der Waals surface area contributed by atoms with Crippen LogP contribution in [0.15, 0.2) is 53.5 Å². The highest BCUT2D eigenvalue weighted by atomic mass is 16.3. The number of aromatic hydroxyl groups is 1. The first-order valence-corrected chi connectivity index (χ1v) is 8.91. The van der Waals surface area contributed by atoms with E-state index in [1.165, 1.54) is 0 Å². The van der Waals surface area contributed by atoms with Gasteiger partial charge in [-0.15, -0.1) is 0 Å². The predicted molar refractivity (Wildman–Crippen MR) is 103 cm³/mol. The normalized spacial score (nSPS) is 13.5. The van der Waals surface area contributed by atoms with Crippen molar-refractivity contribution in [3.63, 3.8) is 0 Å². The molecular weight excluding hydrogens is 326 g/mol. The first kappa shape index (κ1) is 16.5. The molecule has 1 aromatic heterocycles. The molecule has 0 spiro atoms. The van der Waals surface area contributed by atoms with Crippen LogP contribution in [0.1, 0.15) is 29.8 Å². The van der Waals surface area contributed by atoms with E-state index < -0.39 is 0 Å². The topological polar surface area (TPSA) is 57.8 Å². The number of para-hydroxylation sites is 2. The molecule has 1 N–H and O–H groups in total. The summed E-state index contributed by atoms with van der Waals surface area (Å²) in [7, 11) is 0. The second kappa shape index (κ2) is 6.42. The van der Waals surface area contributed by atoms with Crippen LogP contribution in [0, 0.1) is 0 Å². The number of aliphatic imine (C=N–C) groups is 1. The lowest BCUT2D eigenvalue weighted by atomic mass is 10.0. The summed E-state index contributed by atoms with van der Waals surface area (Å²) in [6.07, 6.45) is 0. The van der Waals surface area contributed by atoms with Crippen LogP contribution in [0.2, 0.25) is 0 Å². The summed E-state index contributed by atoms with van der Waals surface area (Å²) in [6, 6.07) is 15.1. The van der Waals surface area contributed by atoms with Crippen LogP contribution in [-0.4, -0.2) is 39.2 Å². The Labute approximate surface area is 152 Å². The van der Waals surface area contributed by atoms with Gasteiger partial charge in [0.1, 0.15) is 5.71 Å². The Hall–Kier alpha value is -2.92. The van der Waals surface area contributed by atoms with Gasteiger partial charge in [-0.2, -0.15) is 0 Å². The summed E-state index contributed by atoms with van der Waals surface area (Å²) in [6.45, 7) is 6.50. The predicted octanol–water partition coefficient (Wildman–Crippen LogP) is 3.96. The van der Waals surface area contributed by atoms with E-state index >= 15 is 0 Å². The van der Waals surface area contributed by atoms with Gasteiger partial charge < -0.3 is 5.11 Å². The number of hydrogen-bond donors (Lipinski definition) is 1. The summed E-state index contributed by atoms with van der Waals surface area (Å²) < 4.78 is 1.86. The minimum Gasteiger partial charge on any atom is -0.494 e. The fourth-order valence-electron chi connectivity index (χ4n) is 3.52. The molecule has 4 rings (SSSR count). The Bertz CT molecular complexity index is 1030. The maximum absolute atomic E-state index is 12.9. The number of fused-ring (bicyclic) bond motifs is 2. The number of hydrogen-bond acceptors (Lipinski definition) is 4. The monoisotopic (exact) mass is 347 g/mol. The highest BCUT2D eigenvalue weighted by molar-refractivity contribution is 6.56. The molecule has 0 radical (unpaired) electrons. The summed E-state index contributed by atoms with van der Waals surface area (Å²) in [5, 5.41) is 11.9. The molecule has 0 atom stereocenters. The van der Waals surface area contributed by atoms with Crippen LogP contribution in [0.5, 0.6) is 5.88 Å². The maximum atomic E-state index is 12.9. The Morgan fingerprint density at radius 2 is 1.73 bits per heavy atom. The van der Waals surface area contributed by atoms with E-state index in [1.54, 1.807) is 6.07 Å². The summed E-state index contributed by atoms with van der Waals surface area (Å²) >= 11 is 0. The van der Waals surface area contributed by atoms with Crippen molar-refractivity contribution in [3.8, 4) is 5.88 Å². The molecule has 0 amide bonds. The van der Waals surface area contributed by atoms with Crippen LogP contribution in [0.4, 0.5) is 5.69 Å². The largest absolute Gasteiger partial charge is 0.494 e. The SMILES string of the molecule is CCN(CC)Cn1c(O)c(C2=Nc3ccccc3C2=O)c2ccccc21. The zero-order valence-corrected chi connectivity index (χ0v) is 14.9. The lowest BCUT2D eigenvalue weighted by Crippen LogP contribution is -2.25. The van der Waals surface area contributed by atoms with E-state index in [2.05, 4.69) is 23.7 Å². The van der Waals surface area contributed by atoms with Crippen molar-refractivity contribution in [2.45, 2.75) is 20.5 Å². The molecule has 5 nitrogen and oxygen atoms in total. The van der Waals surface area contributed by atoms with Crippen molar-refractivity contribution in [1.82, 2.24) is 9.47 Å². The summed E-state index contributed by atoms with van der Waals surface area (Å²) in [5.41, 5.74) is 2.99. The van der Waals surface area contributed by atoms with Gasteiger partial charge in [0.15, 0.2) is 0 Å². The average Bonchev–Trinajstić information content (AvgIpc) is 3.14. The summed E-state index contributed by atoms with van der Waals surface area (Å²) in [5.74, 6) is -0.0420. The third-order valence-corrected chi connectivity index (χ3v) is 5.01. The molecule has 1 aliphatic heterocycles. The van der Waals surface area contributed by atoms with E-state index in [0.29, 0.717) is 29.2 Å². The molecule has 0 unspecified atom stereocenters. The smallest absolute Gasteiger partial charge is 0.214 e. The van der Waals surface area contributed by atoms with E-state index in [0.717, 1.165) is 24.0 Å². The highest BCUT2D eigenvalue weighted by Crippen LogP contribution is 2.37. The molecule has 132 valence electrons. The van der Waals surface area contributed by atoms with E-state index in [9.17, 15) is 9.90 Å². The van der Waals surface area contributed by atoms with Gasteiger partial charge in [0.05, 0.1) is 23.4 Å². The van der Waals surface area contributed by atoms with Gasteiger partial charge in [0, 0.05) is 10.9 Å². The lowest BCUT2D eigenvalue weighted by molar-refractivity contribution is 0.107. The van der Waals surface area contributed by atoms with Crippen molar-refractivity contribution in [3.05, 3.63) is 59.7 Å². The second-order valence-corrected chi connectivity index (χ2v) is 6.40. The highest BCUT2D eigenvalue weighted by Gasteiger charge is 2.31.